The standard InChI is InChI=1S/C11H13FN4O/c1-13-11-14-5-9(12)10(15-11)16(2)6-8-3-4-17-7-8/h3-5,7H,6H2,1-2H3,(H,13,14,15). The minimum atomic E-state index is -0.449. The Hall–Kier alpha value is -2.11. The van der Waals surface area contributed by atoms with Gasteiger partial charge in [-0.25, -0.2) is 9.37 Å². The number of nitrogens with zero attached hydrogens (tertiary/aromatic N) is 3. The first-order valence-corrected chi connectivity index (χ1v) is 5.13. The fourth-order valence-electron chi connectivity index (χ4n) is 1.48. The predicted molar refractivity (Wildman–Crippen MR) is 62.4 cm³/mol. The monoisotopic (exact) mass is 236 g/mol. The van der Waals surface area contributed by atoms with E-state index in [1.54, 1.807) is 31.5 Å². The van der Waals surface area contributed by atoms with Gasteiger partial charge in [0.05, 0.1) is 18.7 Å². The summed E-state index contributed by atoms with van der Waals surface area (Å²) in [5.41, 5.74) is 0.955. The average molecular weight is 236 g/mol. The SMILES string of the molecule is CNc1ncc(F)c(N(C)Cc2ccoc2)n1. The zero-order chi connectivity index (χ0) is 12.3. The third-order valence-electron chi connectivity index (χ3n) is 2.31. The van der Waals surface area contributed by atoms with Crippen LogP contribution in [0, 0.1) is 5.82 Å². The van der Waals surface area contributed by atoms with Gasteiger partial charge in [0.25, 0.3) is 0 Å². The third-order valence-corrected chi connectivity index (χ3v) is 2.31. The molecule has 17 heavy (non-hydrogen) atoms. The molecule has 0 aliphatic rings. The lowest BCUT2D eigenvalue weighted by Gasteiger charge is -2.18. The normalized spacial score (nSPS) is 10.3. The van der Waals surface area contributed by atoms with Crippen LogP contribution in [0.2, 0.25) is 0 Å². The van der Waals surface area contributed by atoms with E-state index in [0.717, 1.165) is 11.8 Å². The van der Waals surface area contributed by atoms with Crippen LogP contribution in [0.4, 0.5) is 16.2 Å². The van der Waals surface area contributed by atoms with Gasteiger partial charge >= 0.3 is 0 Å². The van der Waals surface area contributed by atoms with E-state index in [2.05, 4.69) is 15.3 Å². The van der Waals surface area contributed by atoms with Crippen LogP contribution in [-0.2, 0) is 6.54 Å². The molecule has 0 saturated carbocycles. The molecule has 0 aliphatic heterocycles. The minimum absolute atomic E-state index is 0.255. The maximum absolute atomic E-state index is 13.6. The van der Waals surface area contributed by atoms with Crippen LogP contribution < -0.4 is 10.2 Å². The molecule has 0 unspecified atom stereocenters. The first-order valence-electron chi connectivity index (χ1n) is 5.13. The summed E-state index contributed by atoms with van der Waals surface area (Å²) in [6.45, 7) is 0.521. The van der Waals surface area contributed by atoms with Crippen molar-refractivity contribution in [2.75, 3.05) is 24.3 Å². The zero-order valence-corrected chi connectivity index (χ0v) is 9.64. The van der Waals surface area contributed by atoms with Gasteiger partial charge in [-0.2, -0.15) is 4.98 Å². The van der Waals surface area contributed by atoms with Gasteiger partial charge in [0.15, 0.2) is 11.6 Å². The number of hydrogen-bond acceptors (Lipinski definition) is 5. The fraction of sp³-hybridized carbons (Fsp3) is 0.273. The number of aromatic nitrogens is 2. The smallest absolute Gasteiger partial charge is 0.224 e. The van der Waals surface area contributed by atoms with Crippen molar-refractivity contribution in [3.05, 3.63) is 36.2 Å². The van der Waals surface area contributed by atoms with Crippen molar-refractivity contribution in [3.63, 3.8) is 0 Å². The number of nitrogens with one attached hydrogen (secondary N) is 1. The topological polar surface area (TPSA) is 54.2 Å². The molecule has 1 N–H and O–H groups in total. The molecule has 0 atom stereocenters. The zero-order valence-electron chi connectivity index (χ0n) is 9.64. The Morgan fingerprint density at radius 1 is 1.53 bits per heavy atom. The number of rotatable bonds is 4. The van der Waals surface area contributed by atoms with Gasteiger partial charge in [-0.15, -0.1) is 0 Å². The van der Waals surface area contributed by atoms with Gasteiger partial charge in [-0.05, 0) is 6.07 Å². The molecule has 2 aromatic rings. The Kier molecular flexibility index (Phi) is 3.22. The Morgan fingerprint density at radius 3 is 3.00 bits per heavy atom. The Labute approximate surface area is 98.3 Å². The minimum Gasteiger partial charge on any atom is -0.472 e. The summed E-state index contributed by atoms with van der Waals surface area (Å²) in [6, 6.07) is 1.83. The van der Waals surface area contributed by atoms with Crippen molar-refractivity contribution < 1.29 is 8.81 Å². The van der Waals surface area contributed by atoms with Crippen molar-refractivity contribution in [1.82, 2.24) is 9.97 Å². The summed E-state index contributed by atoms with van der Waals surface area (Å²) in [5, 5.41) is 2.77. The summed E-state index contributed by atoms with van der Waals surface area (Å²) in [5.74, 6) is 0.195. The van der Waals surface area contributed by atoms with Crippen LogP contribution in [0.1, 0.15) is 5.56 Å². The van der Waals surface area contributed by atoms with E-state index in [0.29, 0.717) is 12.5 Å². The van der Waals surface area contributed by atoms with Crippen LogP contribution >= 0.6 is 0 Å². The molecule has 2 aromatic heterocycles. The van der Waals surface area contributed by atoms with Crippen molar-refractivity contribution in [1.29, 1.82) is 0 Å². The third kappa shape index (κ3) is 2.52. The van der Waals surface area contributed by atoms with Crippen molar-refractivity contribution in [3.8, 4) is 0 Å². The van der Waals surface area contributed by atoms with E-state index in [9.17, 15) is 4.39 Å². The van der Waals surface area contributed by atoms with E-state index in [-0.39, 0.29) is 5.82 Å². The van der Waals surface area contributed by atoms with Crippen LogP contribution in [0.15, 0.2) is 29.2 Å². The maximum atomic E-state index is 13.6. The number of anilines is 2. The Bertz CT molecular complexity index is 486. The quantitative estimate of drug-likeness (QED) is 0.878. The first kappa shape index (κ1) is 11.4. The van der Waals surface area contributed by atoms with Crippen LogP contribution in [0.5, 0.6) is 0 Å². The highest BCUT2D eigenvalue weighted by Gasteiger charge is 2.12. The number of furan rings is 1. The highest BCUT2D eigenvalue weighted by Crippen LogP contribution is 2.18. The van der Waals surface area contributed by atoms with E-state index in [1.807, 2.05) is 6.07 Å². The maximum Gasteiger partial charge on any atom is 0.224 e. The second kappa shape index (κ2) is 4.82. The highest BCUT2D eigenvalue weighted by atomic mass is 19.1. The molecule has 6 heteroatoms. The second-order valence-electron chi connectivity index (χ2n) is 3.60. The predicted octanol–water partition coefficient (Wildman–Crippen LogP) is 1.89. The summed E-state index contributed by atoms with van der Waals surface area (Å²) < 4.78 is 18.5. The Balaban J connectivity index is 2.20. The van der Waals surface area contributed by atoms with E-state index >= 15 is 0 Å². The van der Waals surface area contributed by atoms with Gasteiger partial charge in [0.2, 0.25) is 5.95 Å². The van der Waals surface area contributed by atoms with Gasteiger partial charge < -0.3 is 14.6 Å². The molecule has 0 amide bonds. The first-order chi connectivity index (χ1) is 8.20. The van der Waals surface area contributed by atoms with Crippen LogP contribution in [0.25, 0.3) is 0 Å². The largest absolute Gasteiger partial charge is 0.472 e. The second-order valence-corrected chi connectivity index (χ2v) is 3.60. The molecular formula is C11H13FN4O. The highest BCUT2D eigenvalue weighted by molar-refractivity contribution is 5.43. The lowest BCUT2D eigenvalue weighted by atomic mass is 10.3. The van der Waals surface area contributed by atoms with E-state index < -0.39 is 5.82 Å². The number of halogens is 1. The summed E-state index contributed by atoms with van der Waals surface area (Å²) in [4.78, 5) is 9.56. The summed E-state index contributed by atoms with van der Waals surface area (Å²) >= 11 is 0. The lowest BCUT2D eigenvalue weighted by Crippen LogP contribution is -2.19. The van der Waals surface area contributed by atoms with Crippen LogP contribution in [-0.4, -0.2) is 24.1 Å². The lowest BCUT2D eigenvalue weighted by molar-refractivity contribution is 0.563. The van der Waals surface area contributed by atoms with E-state index in [1.165, 1.54) is 0 Å². The number of hydrogen-bond donors (Lipinski definition) is 1. The molecule has 90 valence electrons. The summed E-state index contributed by atoms with van der Waals surface area (Å²) in [7, 11) is 3.45. The van der Waals surface area contributed by atoms with Gasteiger partial charge in [0, 0.05) is 26.2 Å². The van der Waals surface area contributed by atoms with Crippen molar-refractivity contribution in [2.24, 2.45) is 0 Å². The molecule has 0 fully saturated rings. The molecule has 2 heterocycles. The summed E-state index contributed by atoms with van der Waals surface area (Å²) in [6.07, 6.45) is 4.35. The molecule has 0 saturated heterocycles. The molecule has 2 rings (SSSR count). The van der Waals surface area contributed by atoms with Gasteiger partial charge in [-0.3, -0.25) is 0 Å². The molecule has 0 spiro atoms. The molecule has 0 aromatic carbocycles. The van der Waals surface area contributed by atoms with Crippen LogP contribution in [0.3, 0.4) is 0 Å². The Morgan fingerprint density at radius 2 is 2.35 bits per heavy atom. The van der Waals surface area contributed by atoms with E-state index in [4.69, 9.17) is 4.42 Å². The molecule has 0 aliphatic carbocycles. The molecular weight excluding hydrogens is 223 g/mol. The molecule has 5 nitrogen and oxygen atoms in total. The molecule has 0 bridgehead atoms. The average Bonchev–Trinajstić information content (AvgIpc) is 2.82. The van der Waals surface area contributed by atoms with Crippen molar-refractivity contribution >= 4 is 11.8 Å². The fourth-order valence-corrected chi connectivity index (χ4v) is 1.48. The van der Waals surface area contributed by atoms with Crippen molar-refractivity contribution in [2.45, 2.75) is 6.54 Å². The van der Waals surface area contributed by atoms with Gasteiger partial charge in [-0.1, -0.05) is 0 Å². The van der Waals surface area contributed by atoms with Gasteiger partial charge in [0.1, 0.15) is 0 Å². The molecule has 0 radical (unpaired) electrons.